The Bertz CT molecular complexity index is 1160. The minimum absolute atomic E-state index is 0.0694. The Morgan fingerprint density at radius 2 is 2.11 bits per heavy atom. The minimum Gasteiger partial charge on any atom is -0.338 e. The van der Waals surface area contributed by atoms with E-state index in [0.717, 1.165) is 16.5 Å². The van der Waals surface area contributed by atoms with Crippen molar-refractivity contribution in [3.05, 3.63) is 65.5 Å². The van der Waals surface area contributed by atoms with Crippen molar-refractivity contribution in [1.82, 2.24) is 25.2 Å². The number of hydrogen-bond donors (Lipinski definition) is 1. The number of carbonyl (C=O) groups excluding carboxylic acids is 1. The summed E-state index contributed by atoms with van der Waals surface area (Å²) in [4.78, 5) is 18.9. The quantitative estimate of drug-likeness (QED) is 0.592. The second-order valence-electron chi connectivity index (χ2n) is 7.24. The van der Waals surface area contributed by atoms with E-state index in [4.69, 9.17) is 4.52 Å². The SMILES string of the molecule is Cc1cccc(CN2CC(c3noc(-c4n[nH]c5ccccc45)n3)CC2=O)c1. The smallest absolute Gasteiger partial charge is 0.279 e. The van der Waals surface area contributed by atoms with Gasteiger partial charge in [0.05, 0.1) is 5.52 Å². The number of fused-ring (bicyclic) bond motifs is 1. The van der Waals surface area contributed by atoms with Gasteiger partial charge in [-0.3, -0.25) is 9.89 Å². The molecule has 0 spiro atoms. The number of para-hydroxylation sites is 1. The maximum atomic E-state index is 12.5. The first-order chi connectivity index (χ1) is 13.7. The van der Waals surface area contributed by atoms with Crippen LogP contribution in [0.2, 0.25) is 0 Å². The molecule has 0 saturated carbocycles. The predicted molar refractivity (Wildman–Crippen MR) is 103 cm³/mol. The highest BCUT2D eigenvalue weighted by Crippen LogP contribution is 2.30. The van der Waals surface area contributed by atoms with Gasteiger partial charge in [0.25, 0.3) is 5.89 Å². The van der Waals surface area contributed by atoms with Gasteiger partial charge >= 0.3 is 0 Å². The molecule has 7 heteroatoms. The molecule has 1 fully saturated rings. The summed E-state index contributed by atoms with van der Waals surface area (Å²) < 4.78 is 5.46. The summed E-state index contributed by atoms with van der Waals surface area (Å²) in [6.07, 6.45) is 0.395. The average molecular weight is 373 g/mol. The van der Waals surface area contributed by atoms with Crippen LogP contribution in [-0.2, 0) is 11.3 Å². The zero-order valence-electron chi connectivity index (χ0n) is 15.4. The largest absolute Gasteiger partial charge is 0.338 e. The van der Waals surface area contributed by atoms with Crippen molar-refractivity contribution in [2.45, 2.75) is 25.8 Å². The summed E-state index contributed by atoms with van der Waals surface area (Å²) in [7, 11) is 0. The van der Waals surface area contributed by atoms with Crippen LogP contribution in [0, 0.1) is 6.92 Å². The van der Waals surface area contributed by atoms with Crippen LogP contribution in [0.15, 0.2) is 53.1 Å². The second kappa shape index (κ2) is 6.60. The fourth-order valence-corrected chi connectivity index (χ4v) is 3.75. The summed E-state index contributed by atoms with van der Waals surface area (Å²) in [5.41, 5.74) is 3.87. The molecule has 140 valence electrons. The van der Waals surface area contributed by atoms with Crippen LogP contribution in [-0.4, -0.2) is 37.7 Å². The number of nitrogens with zero attached hydrogens (tertiary/aromatic N) is 4. The molecule has 1 aliphatic rings. The Morgan fingerprint density at radius 3 is 3.00 bits per heavy atom. The standard InChI is InChI=1S/C21H19N5O2/c1-13-5-4-6-14(9-13)11-26-12-15(10-18(26)27)20-22-21(28-25-20)19-16-7-2-3-8-17(16)23-24-19/h2-9,15H,10-12H2,1H3,(H,23,24). The maximum absolute atomic E-state index is 12.5. The summed E-state index contributed by atoms with van der Waals surface area (Å²) in [6, 6.07) is 16.0. The molecule has 1 unspecified atom stereocenters. The van der Waals surface area contributed by atoms with Crippen molar-refractivity contribution in [2.75, 3.05) is 6.54 Å². The Labute approximate surface area is 161 Å². The van der Waals surface area contributed by atoms with E-state index >= 15 is 0 Å². The fraction of sp³-hybridized carbons (Fsp3) is 0.238. The van der Waals surface area contributed by atoms with Crippen LogP contribution < -0.4 is 0 Å². The molecule has 2 aromatic carbocycles. The van der Waals surface area contributed by atoms with Crippen LogP contribution in [0.4, 0.5) is 0 Å². The second-order valence-corrected chi connectivity index (χ2v) is 7.24. The number of aryl methyl sites for hydroxylation is 1. The summed E-state index contributed by atoms with van der Waals surface area (Å²) in [5, 5.41) is 12.3. The topological polar surface area (TPSA) is 87.9 Å². The van der Waals surface area contributed by atoms with Gasteiger partial charge in [-0.1, -0.05) is 53.2 Å². The average Bonchev–Trinajstić information content (AvgIpc) is 3.40. The third kappa shape index (κ3) is 2.94. The van der Waals surface area contributed by atoms with Crippen LogP contribution in [0.25, 0.3) is 22.5 Å². The van der Waals surface area contributed by atoms with Gasteiger partial charge in [-0.15, -0.1) is 0 Å². The summed E-state index contributed by atoms with van der Waals surface area (Å²) in [5.74, 6) is 0.974. The molecular formula is C21H19N5O2. The molecule has 2 aromatic heterocycles. The molecule has 3 heterocycles. The molecule has 28 heavy (non-hydrogen) atoms. The first kappa shape index (κ1) is 16.7. The van der Waals surface area contributed by atoms with Gasteiger partial charge in [0.1, 0.15) is 0 Å². The number of rotatable bonds is 4. The molecule has 7 nitrogen and oxygen atoms in total. The number of amides is 1. The number of H-pyrrole nitrogens is 1. The Kier molecular flexibility index (Phi) is 3.93. The van der Waals surface area contributed by atoms with E-state index < -0.39 is 0 Å². The van der Waals surface area contributed by atoms with Crippen LogP contribution in [0.3, 0.4) is 0 Å². The lowest BCUT2D eigenvalue weighted by Crippen LogP contribution is -2.24. The molecule has 1 amide bonds. The highest BCUT2D eigenvalue weighted by Gasteiger charge is 2.34. The molecule has 1 N–H and O–H groups in total. The highest BCUT2D eigenvalue weighted by molar-refractivity contribution is 5.90. The minimum atomic E-state index is -0.0694. The third-order valence-corrected chi connectivity index (χ3v) is 5.15. The van der Waals surface area contributed by atoms with Crippen molar-refractivity contribution in [2.24, 2.45) is 0 Å². The normalized spacial score (nSPS) is 17.0. The molecule has 1 aliphatic heterocycles. The van der Waals surface area contributed by atoms with Crippen molar-refractivity contribution in [3.63, 3.8) is 0 Å². The Hall–Kier alpha value is -3.48. The molecule has 5 rings (SSSR count). The van der Waals surface area contributed by atoms with E-state index in [1.54, 1.807) is 0 Å². The van der Waals surface area contributed by atoms with E-state index in [1.807, 2.05) is 41.3 Å². The third-order valence-electron chi connectivity index (χ3n) is 5.15. The highest BCUT2D eigenvalue weighted by atomic mass is 16.5. The number of benzene rings is 2. The lowest BCUT2D eigenvalue weighted by atomic mass is 10.1. The first-order valence-electron chi connectivity index (χ1n) is 9.28. The van der Waals surface area contributed by atoms with Gasteiger partial charge in [0.2, 0.25) is 5.91 Å². The number of carbonyl (C=O) groups is 1. The molecule has 4 aromatic rings. The lowest BCUT2D eigenvalue weighted by Gasteiger charge is -2.16. The molecule has 1 saturated heterocycles. The Balaban J connectivity index is 1.36. The van der Waals surface area contributed by atoms with Gasteiger partial charge in [-0.05, 0) is 18.6 Å². The van der Waals surface area contributed by atoms with Crippen LogP contribution in [0.5, 0.6) is 0 Å². The van der Waals surface area contributed by atoms with Crippen molar-refractivity contribution >= 4 is 16.8 Å². The van der Waals surface area contributed by atoms with Crippen LogP contribution >= 0.6 is 0 Å². The van der Waals surface area contributed by atoms with Crippen molar-refractivity contribution in [3.8, 4) is 11.6 Å². The van der Waals surface area contributed by atoms with E-state index in [2.05, 4.69) is 39.4 Å². The van der Waals surface area contributed by atoms with Gasteiger partial charge in [0.15, 0.2) is 11.5 Å². The molecule has 0 radical (unpaired) electrons. The van der Waals surface area contributed by atoms with E-state index in [9.17, 15) is 4.79 Å². The monoisotopic (exact) mass is 373 g/mol. The number of nitrogens with one attached hydrogen (secondary N) is 1. The first-order valence-corrected chi connectivity index (χ1v) is 9.28. The summed E-state index contributed by atoms with van der Waals surface area (Å²) in [6.45, 7) is 3.25. The van der Waals surface area contributed by atoms with Crippen molar-refractivity contribution < 1.29 is 9.32 Å². The molecule has 0 bridgehead atoms. The molecule has 1 atom stereocenters. The lowest BCUT2D eigenvalue weighted by molar-refractivity contribution is -0.128. The number of hydrogen-bond acceptors (Lipinski definition) is 5. The van der Waals surface area contributed by atoms with Gasteiger partial charge in [-0.2, -0.15) is 10.1 Å². The van der Waals surface area contributed by atoms with Gasteiger partial charge in [-0.25, -0.2) is 0 Å². The maximum Gasteiger partial charge on any atom is 0.279 e. The van der Waals surface area contributed by atoms with Gasteiger partial charge in [0, 0.05) is 30.8 Å². The van der Waals surface area contributed by atoms with Gasteiger partial charge < -0.3 is 9.42 Å². The molecule has 0 aliphatic carbocycles. The van der Waals surface area contributed by atoms with E-state index in [1.165, 1.54) is 5.56 Å². The number of likely N-dealkylation sites (tertiary alicyclic amines) is 1. The van der Waals surface area contributed by atoms with Crippen molar-refractivity contribution in [1.29, 1.82) is 0 Å². The fourth-order valence-electron chi connectivity index (χ4n) is 3.75. The Morgan fingerprint density at radius 1 is 1.21 bits per heavy atom. The number of aromatic nitrogens is 4. The summed E-state index contributed by atoms with van der Waals surface area (Å²) >= 11 is 0. The van der Waals surface area contributed by atoms with Crippen LogP contribution in [0.1, 0.15) is 29.3 Å². The zero-order valence-corrected chi connectivity index (χ0v) is 15.4. The number of aromatic amines is 1. The van der Waals surface area contributed by atoms with E-state index in [-0.39, 0.29) is 11.8 Å². The van der Waals surface area contributed by atoms with E-state index in [0.29, 0.717) is 36.9 Å². The zero-order chi connectivity index (χ0) is 19.1. The predicted octanol–water partition coefficient (Wildman–Crippen LogP) is 3.44. The molecular weight excluding hydrogens is 354 g/mol.